The van der Waals surface area contributed by atoms with Crippen LogP contribution in [0.3, 0.4) is 0 Å². The van der Waals surface area contributed by atoms with Crippen LogP contribution in [0.2, 0.25) is 0 Å². The largest absolute Gasteiger partial charge is 0.339 e. The number of sulfone groups is 1. The molecule has 0 aliphatic carbocycles. The van der Waals surface area contributed by atoms with Crippen molar-refractivity contribution in [3.05, 3.63) is 11.7 Å². The Balaban J connectivity index is 1.66. The van der Waals surface area contributed by atoms with E-state index in [9.17, 15) is 13.2 Å². The van der Waals surface area contributed by atoms with E-state index in [-0.39, 0.29) is 29.4 Å². The summed E-state index contributed by atoms with van der Waals surface area (Å²) in [5.74, 6) is 1.46. The van der Waals surface area contributed by atoms with Crippen LogP contribution in [-0.2, 0) is 21.1 Å². The highest BCUT2D eigenvalue weighted by atomic mass is 32.2. The van der Waals surface area contributed by atoms with Gasteiger partial charge in [-0.3, -0.25) is 4.79 Å². The SMILES string of the molecule is CCc1nc([C@H]2CCCN2C(=O)C[C@@H]2CCS(=O)(=O)C2)no1. The Morgan fingerprint density at radius 1 is 1.41 bits per heavy atom. The lowest BCUT2D eigenvalue weighted by Crippen LogP contribution is -2.32. The summed E-state index contributed by atoms with van der Waals surface area (Å²) in [5.41, 5.74) is 0. The Bertz CT molecular complexity index is 655. The molecule has 2 fully saturated rings. The van der Waals surface area contributed by atoms with Crippen molar-refractivity contribution >= 4 is 15.7 Å². The van der Waals surface area contributed by atoms with Crippen molar-refractivity contribution in [2.45, 2.75) is 45.1 Å². The van der Waals surface area contributed by atoms with Gasteiger partial charge >= 0.3 is 0 Å². The van der Waals surface area contributed by atoms with Crippen LogP contribution in [0.15, 0.2) is 4.52 Å². The molecule has 1 amide bonds. The van der Waals surface area contributed by atoms with Crippen molar-refractivity contribution in [3.63, 3.8) is 0 Å². The zero-order valence-electron chi connectivity index (χ0n) is 12.7. The maximum absolute atomic E-state index is 12.5. The van der Waals surface area contributed by atoms with E-state index in [0.29, 0.717) is 37.5 Å². The quantitative estimate of drug-likeness (QED) is 0.822. The van der Waals surface area contributed by atoms with Gasteiger partial charge in [0.05, 0.1) is 17.5 Å². The minimum Gasteiger partial charge on any atom is -0.339 e. The lowest BCUT2D eigenvalue weighted by Gasteiger charge is -2.23. The highest BCUT2D eigenvalue weighted by molar-refractivity contribution is 7.91. The van der Waals surface area contributed by atoms with E-state index in [4.69, 9.17) is 4.52 Å². The van der Waals surface area contributed by atoms with Crippen molar-refractivity contribution in [2.75, 3.05) is 18.1 Å². The number of aromatic nitrogens is 2. The molecule has 0 saturated carbocycles. The van der Waals surface area contributed by atoms with E-state index in [2.05, 4.69) is 10.1 Å². The molecular weight excluding hydrogens is 306 g/mol. The topological polar surface area (TPSA) is 93.4 Å². The Kier molecular flexibility index (Phi) is 4.20. The smallest absolute Gasteiger partial charge is 0.226 e. The number of hydrogen-bond donors (Lipinski definition) is 0. The van der Waals surface area contributed by atoms with E-state index < -0.39 is 9.84 Å². The minimum absolute atomic E-state index is 0.00690. The van der Waals surface area contributed by atoms with Crippen molar-refractivity contribution in [3.8, 4) is 0 Å². The van der Waals surface area contributed by atoms with Gasteiger partial charge < -0.3 is 9.42 Å². The van der Waals surface area contributed by atoms with Gasteiger partial charge in [-0.2, -0.15) is 4.98 Å². The summed E-state index contributed by atoms with van der Waals surface area (Å²) in [7, 11) is -2.94. The van der Waals surface area contributed by atoms with Crippen LogP contribution in [-0.4, -0.2) is 47.4 Å². The molecule has 2 atom stereocenters. The van der Waals surface area contributed by atoms with Gasteiger partial charge in [-0.1, -0.05) is 12.1 Å². The molecule has 3 rings (SSSR count). The fraction of sp³-hybridized carbons (Fsp3) is 0.786. The number of nitrogens with zero attached hydrogens (tertiary/aromatic N) is 3. The molecule has 0 aromatic carbocycles. The fourth-order valence-electron chi connectivity index (χ4n) is 3.28. The first-order chi connectivity index (χ1) is 10.5. The molecule has 0 unspecified atom stereocenters. The van der Waals surface area contributed by atoms with Crippen LogP contribution in [0, 0.1) is 5.92 Å². The average Bonchev–Trinajstić information content (AvgIpc) is 3.17. The van der Waals surface area contributed by atoms with E-state index in [0.717, 1.165) is 12.8 Å². The molecular formula is C14H21N3O4S. The van der Waals surface area contributed by atoms with E-state index in [1.807, 2.05) is 6.92 Å². The van der Waals surface area contributed by atoms with Crippen LogP contribution in [0.1, 0.15) is 50.4 Å². The Labute approximate surface area is 130 Å². The second kappa shape index (κ2) is 5.98. The van der Waals surface area contributed by atoms with Crippen LogP contribution >= 0.6 is 0 Å². The van der Waals surface area contributed by atoms with E-state index in [1.54, 1.807) is 4.90 Å². The minimum atomic E-state index is -2.94. The molecule has 2 aliphatic heterocycles. The van der Waals surface area contributed by atoms with Gasteiger partial charge in [-0.15, -0.1) is 0 Å². The standard InChI is InChI=1S/C14H21N3O4S/c1-2-12-15-14(16-21-12)11-4-3-6-17(11)13(18)8-10-5-7-22(19,20)9-10/h10-11H,2-9H2,1H3/t10-,11+/m0/s1. The molecule has 8 heteroatoms. The number of hydrogen-bond acceptors (Lipinski definition) is 6. The van der Waals surface area contributed by atoms with Gasteiger partial charge in [0.25, 0.3) is 0 Å². The predicted molar refractivity (Wildman–Crippen MR) is 78.7 cm³/mol. The van der Waals surface area contributed by atoms with Crippen molar-refractivity contribution in [2.24, 2.45) is 5.92 Å². The molecule has 1 aromatic heterocycles. The molecule has 0 spiro atoms. The Hall–Kier alpha value is -1.44. The number of likely N-dealkylation sites (tertiary alicyclic amines) is 1. The fourth-order valence-corrected chi connectivity index (χ4v) is 5.14. The zero-order valence-corrected chi connectivity index (χ0v) is 13.5. The molecule has 7 nitrogen and oxygen atoms in total. The summed E-state index contributed by atoms with van der Waals surface area (Å²) < 4.78 is 28.2. The third-order valence-corrected chi connectivity index (χ3v) is 6.28. The normalized spacial score (nSPS) is 27.4. The Morgan fingerprint density at radius 3 is 2.86 bits per heavy atom. The zero-order chi connectivity index (χ0) is 15.7. The summed E-state index contributed by atoms with van der Waals surface area (Å²) in [6.45, 7) is 2.62. The number of rotatable bonds is 4. The highest BCUT2D eigenvalue weighted by Gasteiger charge is 2.36. The predicted octanol–water partition coefficient (Wildman–Crippen LogP) is 1.12. The lowest BCUT2D eigenvalue weighted by atomic mass is 10.0. The van der Waals surface area contributed by atoms with Gasteiger partial charge in [-0.05, 0) is 25.2 Å². The molecule has 1 aromatic rings. The molecule has 3 heterocycles. The summed E-state index contributed by atoms with van der Waals surface area (Å²) in [6.07, 6.45) is 3.31. The second-order valence-corrected chi connectivity index (χ2v) is 8.35. The van der Waals surface area contributed by atoms with Crippen LogP contribution in [0.25, 0.3) is 0 Å². The van der Waals surface area contributed by atoms with Crippen LogP contribution in [0.5, 0.6) is 0 Å². The molecule has 22 heavy (non-hydrogen) atoms. The monoisotopic (exact) mass is 327 g/mol. The summed E-state index contributed by atoms with van der Waals surface area (Å²) >= 11 is 0. The molecule has 0 radical (unpaired) electrons. The summed E-state index contributed by atoms with van der Waals surface area (Å²) in [4.78, 5) is 18.6. The molecule has 2 saturated heterocycles. The first kappa shape index (κ1) is 15.5. The van der Waals surface area contributed by atoms with E-state index >= 15 is 0 Å². The maximum atomic E-state index is 12.5. The number of carbonyl (C=O) groups excluding carboxylic acids is 1. The molecule has 122 valence electrons. The maximum Gasteiger partial charge on any atom is 0.226 e. The number of amides is 1. The van der Waals surface area contributed by atoms with Gasteiger partial charge in [0.15, 0.2) is 15.7 Å². The second-order valence-electron chi connectivity index (χ2n) is 6.12. The first-order valence-electron chi connectivity index (χ1n) is 7.81. The number of aryl methyl sites for hydroxylation is 1. The van der Waals surface area contributed by atoms with E-state index in [1.165, 1.54) is 0 Å². The van der Waals surface area contributed by atoms with Crippen molar-refractivity contribution < 1.29 is 17.7 Å². The van der Waals surface area contributed by atoms with Crippen LogP contribution < -0.4 is 0 Å². The van der Waals surface area contributed by atoms with Gasteiger partial charge in [0.1, 0.15) is 0 Å². The lowest BCUT2D eigenvalue weighted by molar-refractivity contribution is -0.133. The molecule has 0 N–H and O–H groups in total. The summed E-state index contributed by atoms with van der Waals surface area (Å²) in [6, 6.07) is -0.130. The summed E-state index contributed by atoms with van der Waals surface area (Å²) in [5, 5.41) is 3.98. The third kappa shape index (κ3) is 3.16. The first-order valence-corrected chi connectivity index (χ1v) is 9.63. The third-order valence-electron chi connectivity index (χ3n) is 4.45. The number of carbonyl (C=O) groups is 1. The van der Waals surface area contributed by atoms with Crippen molar-refractivity contribution in [1.82, 2.24) is 15.0 Å². The molecule has 2 aliphatic rings. The average molecular weight is 327 g/mol. The molecule has 0 bridgehead atoms. The van der Waals surface area contributed by atoms with Gasteiger partial charge in [0.2, 0.25) is 11.8 Å². The van der Waals surface area contributed by atoms with Crippen LogP contribution in [0.4, 0.5) is 0 Å². The Morgan fingerprint density at radius 2 is 2.23 bits per heavy atom. The highest BCUT2D eigenvalue weighted by Crippen LogP contribution is 2.32. The van der Waals surface area contributed by atoms with Gasteiger partial charge in [0, 0.05) is 19.4 Å². The van der Waals surface area contributed by atoms with Gasteiger partial charge in [-0.25, -0.2) is 8.42 Å². The van der Waals surface area contributed by atoms with Crippen molar-refractivity contribution in [1.29, 1.82) is 0 Å².